The summed E-state index contributed by atoms with van der Waals surface area (Å²) in [5.74, 6) is 0.0887. The van der Waals surface area contributed by atoms with E-state index in [4.69, 9.17) is 16.3 Å². The van der Waals surface area contributed by atoms with Gasteiger partial charge in [-0.15, -0.1) is 0 Å². The first-order valence-electron chi connectivity index (χ1n) is 5.82. The van der Waals surface area contributed by atoms with Crippen molar-refractivity contribution in [3.8, 4) is 5.75 Å². The fourth-order valence-corrected chi connectivity index (χ4v) is 2.99. The van der Waals surface area contributed by atoms with Crippen LogP contribution in [0.15, 0.2) is 36.4 Å². The molecule has 0 unspecified atom stereocenters. The lowest BCUT2D eigenvalue weighted by Crippen LogP contribution is -1.94. The summed E-state index contributed by atoms with van der Waals surface area (Å²) >= 11 is 7.42. The van der Waals surface area contributed by atoms with Crippen molar-refractivity contribution in [1.29, 1.82) is 0 Å². The molecule has 0 aliphatic heterocycles. The van der Waals surface area contributed by atoms with Crippen LogP contribution >= 0.6 is 22.9 Å². The molecule has 0 spiro atoms. The molecular weight excluding hydrogens is 299 g/mol. The van der Waals surface area contributed by atoms with Gasteiger partial charge in [-0.2, -0.15) is 0 Å². The van der Waals surface area contributed by atoms with Gasteiger partial charge in [0, 0.05) is 11.1 Å². The molecule has 1 N–H and O–H groups in total. The minimum atomic E-state index is -0.344. The minimum absolute atomic E-state index is 0.344. The number of nitrogens with zero attached hydrogens (tertiary/aromatic N) is 1. The van der Waals surface area contributed by atoms with Crippen molar-refractivity contribution in [1.82, 2.24) is 4.98 Å². The van der Waals surface area contributed by atoms with Crippen LogP contribution in [0.4, 0.5) is 15.2 Å². The average molecular weight is 309 g/mol. The summed E-state index contributed by atoms with van der Waals surface area (Å²) in [6, 6.07) is 9.84. The van der Waals surface area contributed by atoms with E-state index >= 15 is 0 Å². The predicted octanol–water partition coefficient (Wildman–Crippen LogP) is 4.84. The fourth-order valence-electron chi connectivity index (χ4n) is 1.84. The summed E-state index contributed by atoms with van der Waals surface area (Å²) in [5, 5.41) is 4.51. The van der Waals surface area contributed by atoms with Crippen molar-refractivity contribution in [2.75, 3.05) is 12.4 Å². The van der Waals surface area contributed by atoms with Crippen LogP contribution in [0, 0.1) is 5.82 Å². The van der Waals surface area contributed by atoms with Crippen LogP contribution < -0.4 is 10.1 Å². The van der Waals surface area contributed by atoms with Crippen molar-refractivity contribution in [3.63, 3.8) is 0 Å². The molecule has 0 saturated carbocycles. The molecule has 102 valence electrons. The molecule has 20 heavy (non-hydrogen) atoms. The highest BCUT2D eigenvalue weighted by molar-refractivity contribution is 7.22. The van der Waals surface area contributed by atoms with Crippen LogP contribution in [0.1, 0.15) is 0 Å². The topological polar surface area (TPSA) is 34.1 Å². The van der Waals surface area contributed by atoms with Gasteiger partial charge in [-0.05, 0) is 30.3 Å². The molecule has 0 amide bonds. The summed E-state index contributed by atoms with van der Waals surface area (Å²) in [5.41, 5.74) is 1.53. The van der Waals surface area contributed by atoms with E-state index in [2.05, 4.69) is 10.3 Å². The van der Waals surface area contributed by atoms with Crippen molar-refractivity contribution < 1.29 is 9.13 Å². The molecule has 0 radical (unpaired) electrons. The number of benzene rings is 2. The third-order valence-corrected chi connectivity index (χ3v) is 3.92. The van der Waals surface area contributed by atoms with Crippen molar-refractivity contribution in [3.05, 3.63) is 47.2 Å². The number of hydrogen-bond donors (Lipinski definition) is 1. The maximum Gasteiger partial charge on any atom is 0.188 e. The zero-order valence-corrected chi connectivity index (χ0v) is 12.1. The molecule has 6 heteroatoms. The summed E-state index contributed by atoms with van der Waals surface area (Å²) < 4.78 is 19.3. The Morgan fingerprint density at radius 1 is 1.25 bits per heavy atom. The van der Waals surface area contributed by atoms with E-state index in [1.165, 1.54) is 30.6 Å². The van der Waals surface area contributed by atoms with Gasteiger partial charge in [-0.3, -0.25) is 0 Å². The van der Waals surface area contributed by atoms with Gasteiger partial charge in [0.15, 0.2) is 5.13 Å². The number of methoxy groups -OCH3 is 1. The van der Waals surface area contributed by atoms with Crippen LogP contribution in [-0.2, 0) is 0 Å². The summed E-state index contributed by atoms with van der Waals surface area (Å²) in [7, 11) is 1.50. The smallest absolute Gasteiger partial charge is 0.188 e. The van der Waals surface area contributed by atoms with Crippen LogP contribution in [0.25, 0.3) is 10.2 Å². The van der Waals surface area contributed by atoms with Crippen LogP contribution in [0.3, 0.4) is 0 Å². The van der Waals surface area contributed by atoms with Crippen molar-refractivity contribution in [2.45, 2.75) is 0 Å². The van der Waals surface area contributed by atoms with Crippen LogP contribution in [0.2, 0.25) is 5.02 Å². The highest BCUT2D eigenvalue weighted by Gasteiger charge is 2.08. The van der Waals surface area contributed by atoms with Crippen molar-refractivity contribution in [2.24, 2.45) is 0 Å². The molecule has 0 saturated heterocycles. The second kappa shape index (κ2) is 5.26. The second-order valence-corrected chi connectivity index (χ2v) is 5.57. The number of fused-ring (bicyclic) bond motifs is 1. The van der Waals surface area contributed by atoms with Crippen LogP contribution in [-0.4, -0.2) is 12.1 Å². The van der Waals surface area contributed by atoms with E-state index in [1.54, 1.807) is 12.1 Å². The molecule has 2 aromatic carbocycles. The van der Waals surface area contributed by atoms with Gasteiger partial charge < -0.3 is 10.1 Å². The summed E-state index contributed by atoms with van der Waals surface area (Å²) in [6.45, 7) is 0. The molecule has 0 bridgehead atoms. The lowest BCUT2D eigenvalue weighted by atomic mass is 10.3. The quantitative estimate of drug-likeness (QED) is 0.751. The third kappa shape index (κ3) is 2.55. The Balaban J connectivity index is 1.96. The Labute approximate surface area is 124 Å². The van der Waals surface area contributed by atoms with E-state index in [0.29, 0.717) is 21.6 Å². The maximum absolute atomic E-state index is 13.1. The van der Waals surface area contributed by atoms with Crippen LogP contribution in [0.5, 0.6) is 5.75 Å². The number of ether oxygens (including phenoxy) is 1. The maximum atomic E-state index is 13.1. The molecule has 0 atom stereocenters. The van der Waals surface area contributed by atoms with E-state index in [9.17, 15) is 4.39 Å². The zero-order chi connectivity index (χ0) is 14.1. The molecule has 0 aliphatic rings. The number of hydrogen-bond acceptors (Lipinski definition) is 4. The number of halogens is 2. The Morgan fingerprint density at radius 2 is 2.10 bits per heavy atom. The normalized spacial score (nSPS) is 10.8. The fraction of sp³-hybridized carbons (Fsp3) is 0.0714. The monoisotopic (exact) mass is 308 g/mol. The van der Waals surface area contributed by atoms with E-state index in [-0.39, 0.29) is 5.82 Å². The first-order valence-corrected chi connectivity index (χ1v) is 7.02. The largest absolute Gasteiger partial charge is 0.494 e. The number of thiazole rings is 1. The SMILES string of the molecule is COc1cc(F)ccc1Nc1nc2ccc(Cl)cc2s1. The summed E-state index contributed by atoms with van der Waals surface area (Å²) in [4.78, 5) is 4.45. The first kappa shape index (κ1) is 13.1. The Morgan fingerprint density at radius 3 is 2.90 bits per heavy atom. The number of anilines is 2. The third-order valence-electron chi connectivity index (χ3n) is 2.76. The van der Waals surface area contributed by atoms with Gasteiger partial charge in [-0.25, -0.2) is 9.37 Å². The predicted molar refractivity (Wildman–Crippen MR) is 80.9 cm³/mol. The molecule has 1 heterocycles. The molecule has 0 fully saturated rings. The van der Waals surface area contributed by atoms with Gasteiger partial charge in [0.05, 0.1) is 23.0 Å². The minimum Gasteiger partial charge on any atom is -0.494 e. The Hall–Kier alpha value is -1.85. The molecule has 0 aliphatic carbocycles. The van der Waals surface area contributed by atoms with Gasteiger partial charge in [-0.1, -0.05) is 22.9 Å². The second-order valence-electron chi connectivity index (χ2n) is 4.10. The molecule has 3 aromatic rings. The van der Waals surface area contributed by atoms with E-state index < -0.39 is 0 Å². The van der Waals surface area contributed by atoms with E-state index in [0.717, 1.165) is 10.2 Å². The van der Waals surface area contributed by atoms with Gasteiger partial charge in [0.2, 0.25) is 0 Å². The highest BCUT2D eigenvalue weighted by Crippen LogP contribution is 2.33. The molecule has 3 rings (SSSR count). The lowest BCUT2D eigenvalue weighted by molar-refractivity contribution is 0.413. The zero-order valence-electron chi connectivity index (χ0n) is 10.5. The average Bonchev–Trinajstić information content (AvgIpc) is 2.82. The van der Waals surface area contributed by atoms with Gasteiger partial charge in [0.25, 0.3) is 0 Å². The first-order chi connectivity index (χ1) is 9.65. The number of nitrogens with one attached hydrogen (secondary N) is 1. The lowest BCUT2D eigenvalue weighted by Gasteiger charge is -2.08. The van der Waals surface area contributed by atoms with Gasteiger partial charge >= 0.3 is 0 Å². The highest BCUT2D eigenvalue weighted by atomic mass is 35.5. The van der Waals surface area contributed by atoms with Gasteiger partial charge in [0.1, 0.15) is 11.6 Å². The molecular formula is C14H10ClFN2OS. The molecule has 3 nitrogen and oxygen atoms in total. The standard InChI is InChI=1S/C14H10ClFN2OS/c1-19-12-7-9(16)3-5-10(12)17-14-18-11-4-2-8(15)6-13(11)20-14/h2-7H,1H3,(H,17,18). The summed E-state index contributed by atoms with van der Waals surface area (Å²) in [6.07, 6.45) is 0. The Bertz CT molecular complexity index is 775. The van der Waals surface area contributed by atoms with Crippen molar-refractivity contribution >= 4 is 44.0 Å². The number of aromatic nitrogens is 1. The van der Waals surface area contributed by atoms with E-state index in [1.807, 2.05) is 12.1 Å². The number of rotatable bonds is 3. The molecule has 1 aromatic heterocycles. The Kier molecular flexibility index (Phi) is 3.46.